The van der Waals surface area contributed by atoms with E-state index in [0.29, 0.717) is 18.9 Å². The van der Waals surface area contributed by atoms with Gasteiger partial charge < -0.3 is 9.30 Å². The number of ether oxygens (including phenoxy) is 1. The number of rotatable bonds is 6. The van der Waals surface area contributed by atoms with Gasteiger partial charge in [-0.3, -0.25) is 14.9 Å². The number of nitrogens with zero attached hydrogens (tertiary/aromatic N) is 3. The Morgan fingerprint density at radius 1 is 1.48 bits per heavy atom. The second kappa shape index (κ2) is 6.17. The second-order valence-corrected chi connectivity index (χ2v) is 4.51. The number of aryl methyl sites for hydroxylation is 1. The first kappa shape index (κ1) is 14.7. The molecule has 0 amide bonds. The maximum Gasteiger partial charge on any atom is 0.270 e. The first-order valence-corrected chi connectivity index (χ1v) is 6.39. The monoisotopic (exact) mass is 289 g/mol. The van der Waals surface area contributed by atoms with Gasteiger partial charge in [-0.05, 0) is 19.9 Å². The van der Waals surface area contributed by atoms with Gasteiger partial charge in [-0.15, -0.1) is 0 Å². The van der Waals surface area contributed by atoms with Gasteiger partial charge in [0.25, 0.3) is 5.69 Å². The zero-order valence-corrected chi connectivity index (χ0v) is 11.8. The van der Waals surface area contributed by atoms with Crippen LogP contribution in [-0.4, -0.2) is 26.9 Å². The van der Waals surface area contributed by atoms with Gasteiger partial charge in [-0.1, -0.05) is 0 Å². The molecular formula is C14H15N3O4. The van der Waals surface area contributed by atoms with Crippen LogP contribution in [0.15, 0.2) is 30.6 Å². The lowest BCUT2D eigenvalue weighted by molar-refractivity contribution is -0.384. The number of nitro benzene ring substituents is 1. The van der Waals surface area contributed by atoms with Gasteiger partial charge in [-0.2, -0.15) is 0 Å². The lowest BCUT2D eigenvalue weighted by Gasteiger charge is -2.10. The lowest BCUT2D eigenvalue weighted by Crippen LogP contribution is -2.10. The molecule has 7 heteroatoms. The van der Waals surface area contributed by atoms with Crippen LogP contribution in [0.25, 0.3) is 0 Å². The highest BCUT2D eigenvalue weighted by molar-refractivity contribution is 5.97. The van der Waals surface area contributed by atoms with Crippen molar-refractivity contribution in [1.29, 1.82) is 0 Å². The predicted molar refractivity (Wildman–Crippen MR) is 75.6 cm³/mol. The number of ketones is 1. The van der Waals surface area contributed by atoms with Crippen LogP contribution in [0.3, 0.4) is 0 Å². The highest BCUT2D eigenvalue weighted by Gasteiger charge is 2.15. The lowest BCUT2D eigenvalue weighted by atomic mass is 10.1. The number of benzene rings is 1. The van der Waals surface area contributed by atoms with E-state index < -0.39 is 4.92 Å². The Morgan fingerprint density at radius 3 is 2.81 bits per heavy atom. The summed E-state index contributed by atoms with van der Waals surface area (Å²) < 4.78 is 7.48. The van der Waals surface area contributed by atoms with E-state index in [-0.39, 0.29) is 17.0 Å². The average molecular weight is 289 g/mol. The molecule has 110 valence electrons. The molecule has 0 atom stereocenters. The number of nitro groups is 1. The molecule has 21 heavy (non-hydrogen) atoms. The van der Waals surface area contributed by atoms with Crippen molar-refractivity contribution in [3.63, 3.8) is 0 Å². The third-order valence-corrected chi connectivity index (χ3v) is 3.07. The Hall–Kier alpha value is -2.70. The maximum absolute atomic E-state index is 11.6. The second-order valence-electron chi connectivity index (χ2n) is 4.51. The highest BCUT2D eigenvalue weighted by Crippen LogP contribution is 2.24. The molecule has 2 aromatic rings. The predicted octanol–water partition coefficient (Wildman–Crippen LogP) is 2.38. The molecule has 7 nitrogen and oxygen atoms in total. The summed E-state index contributed by atoms with van der Waals surface area (Å²) in [5.74, 6) is 0.951. The van der Waals surface area contributed by atoms with E-state index in [1.807, 2.05) is 17.7 Å². The van der Waals surface area contributed by atoms with Crippen LogP contribution < -0.4 is 4.74 Å². The smallest absolute Gasteiger partial charge is 0.270 e. The molecule has 1 aromatic carbocycles. The van der Waals surface area contributed by atoms with E-state index in [2.05, 4.69) is 4.98 Å². The molecule has 0 N–H and O–H groups in total. The SMILES string of the molecule is CC(=O)c1cc([N+](=O)[O-])ccc1OCCn1ccnc1C. The van der Waals surface area contributed by atoms with Crippen LogP contribution in [0.2, 0.25) is 0 Å². The van der Waals surface area contributed by atoms with E-state index >= 15 is 0 Å². The standard InChI is InChI=1S/C14H15N3O4/c1-10(18)13-9-12(17(19)20)3-4-14(13)21-8-7-16-6-5-15-11(16)2/h3-6,9H,7-8H2,1-2H3. The normalized spacial score (nSPS) is 10.4. The van der Waals surface area contributed by atoms with Crippen molar-refractivity contribution >= 4 is 11.5 Å². The fraction of sp³-hybridized carbons (Fsp3) is 0.286. The number of carbonyl (C=O) groups excluding carboxylic acids is 1. The van der Waals surface area contributed by atoms with E-state index in [1.165, 1.54) is 25.1 Å². The molecule has 0 bridgehead atoms. The minimum absolute atomic E-state index is 0.127. The molecule has 0 radical (unpaired) electrons. The van der Waals surface area contributed by atoms with Gasteiger partial charge in [0, 0.05) is 24.5 Å². The van der Waals surface area contributed by atoms with Gasteiger partial charge >= 0.3 is 0 Å². The van der Waals surface area contributed by atoms with E-state index in [0.717, 1.165) is 5.82 Å². The minimum Gasteiger partial charge on any atom is -0.491 e. The van der Waals surface area contributed by atoms with Gasteiger partial charge in [0.05, 0.1) is 17.0 Å². The topological polar surface area (TPSA) is 87.3 Å². The number of non-ortho nitro benzene ring substituents is 1. The molecule has 0 spiro atoms. The van der Waals surface area contributed by atoms with Crippen LogP contribution in [0.4, 0.5) is 5.69 Å². The Labute approximate surface area is 121 Å². The van der Waals surface area contributed by atoms with Gasteiger partial charge in [-0.25, -0.2) is 4.98 Å². The number of imidazole rings is 1. The van der Waals surface area contributed by atoms with Crippen LogP contribution in [-0.2, 0) is 6.54 Å². The molecule has 0 saturated heterocycles. The summed E-state index contributed by atoms with van der Waals surface area (Å²) in [5, 5.41) is 10.7. The summed E-state index contributed by atoms with van der Waals surface area (Å²) >= 11 is 0. The maximum atomic E-state index is 11.6. The fourth-order valence-electron chi connectivity index (χ4n) is 1.93. The summed E-state index contributed by atoms with van der Waals surface area (Å²) in [7, 11) is 0. The van der Waals surface area contributed by atoms with Crippen molar-refractivity contribution in [2.45, 2.75) is 20.4 Å². The summed E-state index contributed by atoms with van der Waals surface area (Å²) in [4.78, 5) is 25.9. The third-order valence-electron chi connectivity index (χ3n) is 3.07. The van der Waals surface area contributed by atoms with Crippen LogP contribution >= 0.6 is 0 Å². The molecular weight excluding hydrogens is 274 g/mol. The van der Waals surface area contributed by atoms with Gasteiger partial charge in [0.1, 0.15) is 18.2 Å². The van der Waals surface area contributed by atoms with Crippen molar-refractivity contribution in [1.82, 2.24) is 9.55 Å². The number of hydrogen-bond donors (Lipinski definition) is 0. The van der Waals surface area contributed by atoms with Crippen LogP contribution in [0.5, 0.6) is 5.75 Å². The third kappa shape index (κ3) is 3.44. The van der Waals surface area contributed by atoms with Crippen molar-refractivity contribution in [3.05, 3.63) is 52.1 Å². The summed E-state index contributed by atoms with van der Waals surface area (Å²) in [6.45, 7) is 4.16. The van der Waals surface area contributed by atoms with E-state index in [9.17, 15) is 14.9 Å². The van der Waals surface area contributed by atoms with E-state index in [4.69, 9.17) is 4.74 Å². The summed E-state index contributed by atoms with van der Waals surface area (Å²) in [5.41, 5.74) is 0.0876. The van der Waals surface area contributed by atoms with Crippen LogP contribution in [0.1, 0.15) is 23.1 Å². The Kier molecular flexibility index (Phi) is 4.32. The zero-order chi connectivity index (χ0) is 15.4. The first-order chi connectivity index (χ1) is 9.99. The first-order valence-electron chi connectivity index (χ1n) is 6.39. The van der Waals surface area contributed by atoms with Crippen molar-refractivity contribution in [3.8, 4) is 5.75 Å². The zero-order valence-electron chi connectivity index (χ0n) is 11.8. The molecule has 0 aliphatic heterocycles. The molecule has 0 fully saturated rings. The molecule has 0 aliphatic carbocycles. The Morgan fingerprint density at radius 2 is 2.24 bits per heavy atom. The number of carbonyl (C=O) groups is 1. The summed E-state index contributed by atoms with van der Waals surface area (Å²) in [6, 6.07) is 4.01. The Balaban J connectivity index is 2.10. The molecule has 1 heterocycles. The largest absolute Gasteiger partial charge is 0.491 e. The Bertz CT molecular complexity index is 679. The fourth-order valence-corrected chi connectivity index (χ4v) is 1.93. The highest BCUT2D eigenvalue weighted by atomic mass is 16.6. The molecule has 0 saturated carbocycles. The van der Waals surface area contributed by atoms with Crippen LogP contribution in [0, 0.1) is 17.0 Å². The average Bonchev–Trinajstić information content (AvgIpc) is 2.84. The quantitative estimate of drug-likeness (QED) is 0.463. The molecule has 0 unspecified atom stereocenters. The number of Topliss-reactive ketones (excluding diaryl/α,β-unsaturated/α-hetero) is 1. The molecule has 1 aromatic heterocycles. The van der Waals surface area contributed by atoms with Gasteiger partial charge in [0.15, 0.2) is 5.78 Å². The number of aromatic nitrogens is 2. The minimum atomic E-state index is -0.537. The molecule has 2 rings (SSSR count). The number of hydrogen-bond acceptors (Lipinski definition) is 5. The summed E-state index contributed by atoms with van der Waals surface area (Å²) in [6.07, 6.45) is 3.53. The van der Waals surface area contributed by atoms with E-state index in [1.54, 1.807) is 6.20 Å². The van der Waals surface area contributed by atoms with Crippen molar-refractivity contribution in [2.24, 2.45) is 0 Å². The van der Waals surface area contributed by atoms with Crippen molar-refractivity contribution < 1.29 is 14.5 Å². The molecule has 0 aliphatic rings. The van der Waals surface area contributed by atoms with Gasteiger partial charge in [0.2, 0.25) is 0 Å². The van der Waals surface area contributed by atoms with Crippen molar-refractivity contribution in [2.75, 3.05) is 6.61 Å².